The molecule has 4 aliphatic rings. The van der Waals surface area contributed by atoms with Gasteiger partial charge in [-0.3, -0.25) is 0 Å². The molecule has 1 spiro atoms. The van der Waals surface area contributed by atoms with Crippen LogP contribution in [0.3, 0.4) is 0 Å². The Morgan fingerprint density at radius 3 is 2.09 bits per heavy atom. The normalized spacial score (nSPS) is 20.8. The predicted molar refractivity (Wildman–Crippen MR) is 179 cm³/mol. The molecule has 0 fully saturated rings. The lowest BCUT2D eigenvalue weighted by Gasteiger charge is -2.32. The van der Waals surface area contributed by atoms with Gasteiger partial charge in [0.2, 0.25) is 0 Å². The third-order valence-corrected chi connectivity index (χ3v) is 9.72. The molecule has 1 heterocycles. The fraction of sp³-hybridized carbons (Fsp3) is 0.146. The predicted octanol–water partition coefficient (Wildman–Crippen LogP) is 9.62. The lowest BCUT2D eigenvalue weighted by Crippen LogP contribution is -2.26. The number of fused-ring (bicyclic) bond motifs is 10. The van der Waals surface area contributed by atoms with Crippen molar-refractivity contribution in [2.45, 2.75) is 31.6 Å². The van der Waals surface area contributed by atoms with Gasteiger partial charge in [-0.05, 0) is 81.3 Å². The fourth-order valence-electron chi connectivity index (χ4n) is 7.85. The maximum atomic E-state index is 5.15. The standard InChI is InChI=1S/C41H31N3/c1-26-12-11-15-28(24-26)39-42-38(27-13-3-2-4-14-27)43-40(44-39)29-22-23-33-32-18-7-10-21-36(32)41(37(33)25-29)34-19-8-5-16-30(34)31-17-6-9-20-35(31)41/h2-5,7-8,10-23,25-26H,6,9,24H2,1H3. The average molecular weight is 566 g/mol. The Morgan fingerprint density at radius 1 is 0.614 bits per heavy atom. The van der Waals surface area contributed by atoms with E-state index in [0.717, 1.165) is 41.8 Å². The maximum absolute atomic E-state index is 5.15. The third-order valence-electron chi connectivity index (χ3n) is 9.72. The molecular formula is C41H31N3. The van der Waals surface area contributed by atoms with Crippen LogP contribution in [0.1, 0.15) is 54.3 Å². The highest BCUT2D eigenvalue weighted by Crippen LogP contribution is 2.64. The van der Waals surface area contributed by atoms with Gasteiger partial charge in [0.05, 0.1) is 5.41 Å². The topological polar surface area (TPSA) is 38.7 Å². The van der Waals surface area contributed by atoms with Crippen molar-refractivity contribution < 1.29 is 0 Å². The molecule has 1 aromatic heterocycles. The first-order valence-corrected chi connectivity index (χ1v) is 15.7. The zero-order chi connectivity index (χ0) is 29.3. The van der Waals surface area contributed by atoms with Gasteiger partial charge >= 0.3 is 0 Å². The van der Waals surface area contributed by atoms with Crippen LogP contribution in [-0.2, 0) is 5.41 Å². The van der Waals surface area contributed by atoms with Crippen LogP contribution >= 0.6 is 0 Å². The summed E-state index contributed by atoms with van der Waals surface area (Å²) in [7, 11) is 0. The molecule has 2 atom stereocenters. The van der Waals surface area contributed by atoms with E-state index in [0.29, 0.717) is 17.6 Å². The van der Waals surface area contributed by atoms with E-state index in [1.54, 1.807) is 0 Å². The van der Waals surface area contributed by atoms with Crippen molar-refractivity contribution >= 4 is 11.1 Å². The third kappa shape index (κ3) is 3.59. The molecule has 0 radical (unpaired) electrons. The van der Waals surface area contributed by atoms with Crippen LogP contribution in [0.15, 0.2) is 133 Å². The first kappa shape index (κ1) is 25.4. The van der Waals surface area contributed by atoms with Crippen LogP contribution < -0.4 is 0 Å². The zero-order valence-electron chi connectivity index (χ0n) is 24.7. The van der Waals surface area contributed by atoms with E-state index in [9.17, 15) is 0 Å². The van der Waals surface area contributed by atoms with Crippen LogP contribution in [0.4, 0.5) is 0 Å². The van der Waals surface area contributed by atoms with Gasteiger partial charge in [-0.15, -0.1) is 0 Å². The summed E-state index contributed by atoms with van der Waals surface area (Å²) in [5.41, 5.74) is 13.6. The molecule has 0 N–H and O–H groups in total. The molecule has 210 valence electrons. The number of benzene rings is 4. The minimum Gasteiger partial charge on any atom is -0.209 e. The van der Waals surface area contributed by atoms with Gasteiger partial charge in [-0.1, -0.05) is 128 Å². The molecule has 0 aliphatic heterocycles. The molecule has 4 aromatic carbocycles. The van der Waals surface area contributed by atoms with Gasteiger partial charge in [0.15, 0.2) is 17.5 Å². The number of hydrogen-bond acceptors (Lipinski definition) is 3. The summed E-state index contributed by atoms with van der Waals surface area (Å²) in [4.78, 5) is 15.3. The van der Waals surface area contributed by atoms with Crippen LogP contribution in [0.2, 0.25) is 0 Å². The van der Waals surface area contributed by atoms with Gasteiger partial charge in [-0.25, -0.2) is 15.0 Å². The van der Waals surface area contributed by atoms with E-state index in [1.807, 2.05) is 18.2 Å². The van der Waals surface area contributed by atoms with Crippen LogP contribution in [0, 0.1) is 5.92 Å². The smallest absolute Gasteiger partial charge is 0.164 e. The Bertz CT molecular complexity index is 2110. The molecule has 3 nitrogen and oxygen atoms in total. The summed E-state index contributed by atoms with van der Waals surface area (Å²) in [5.74, 6) is 2.63. The van der Waals surface area contributed by atoms with Crippen molar-refractivity contribution in [1.82, 2.24) is 15.0 Å². The molecule has 0 bridgehead atoms. The summed E-state index contributed by atoms with van der Waals surface area (Å²) in [6, 6.07) is 35.1. The van der Waals surface area contributed by atoms with Gasteiger partial charge in [0.1, 0.15) is 0 Å². The minimum atomic E-state index is -0.352. The van der Waals surface area contributed by atoms with Crippen molar-refractivity contribution in [2.75, 3.05) is 0 Å². The van der Waals surface area contributed by atoms with Crippen molar-refractivity contribution in [2.24, 2.45) is 5.92 Å². The van der Waals surface area contributed by atoms with E-state index < -0.39 is 0 Å². The molecule has 3 heteroatoms. The molecule has 4 aliphatic carbocycles. The zero-order valence-corrected chi connectivity index (χ0v) is 24.7. The van der Waals surface area contributed by atoms with Gasteiger partial charge in [0.25, 0.3) is 0 Å². The van der Waals surface area contributed by atoms with Crippen LogP contribution in [0.25, 0.3) is 45.0 Å². The monoisotopic (exact) mass is 565 g/mol. The summed E-state index contributed by atoms with van der Waals surface area (Å²) >= 11 is 0. The second-order valence-electron chi connectivity index (χ2n) is 12.3. The summed E-state index contributed by atoms with van der Waals surface area (Å²) in [6.07, 6.45) is 14.5. The van der Waals surface area contributed by atoms with E-state index in [4.69, 9.17) is 15.0 Å². The Balaban J connectivity index is 1.30. The second kappa shape index (κ2) is 9.68. The van der Waals surface area contributed by atoms with Crippen molar-refractivity contribution in [1.29, 1.82) is 0 Å². The second-order valence-corrected chi connectivity index (χ2v) is 12.3. The molecule has 5 aromatic rings. The molecular weight excluding hydrogens is 534 g/mol. The molecule has 0 saturated heterocycles. The molecule has 44 heavy (non-hydrogen) atoms. The largest absolute Gasteiger partial charge is 0.209 e. The van der Waals surface area contributed by atoms with Crippen LogP contribution in [-0.4, -0.2) is 15.0 Å². The molecule has 0 saturated carbocycles. The highest BCUT2D eigenvalue weighted by Gasteiger charge is 2.53. The number of hydrogen-bond donors (Lipinski definition) is 0. The Kier molecular flexibility index (Phi) is 5.58. The van der Waals surface area contributed by atoms with Crippen molar-refractivity contribution in [3.63, 3.8) is 0 Å². The van der Waals surface area contributed by atoms with Crippen molar-refractivity contribution in [3.05, 3.63) is 161 Å². The molecule has 2 unspecified atom stereocenters. The van der Waals surface area contributed by atoms with E-state index in [1.165, 1.54) is 44.5 Å². The highest BCUT2D eigenvalue weighted by molar-refractivity contribution is 6.00. The van der Waals surface area contributed by atoms with Gasteiger partial charge in [-0.2, -0.15) is 0 Å². The first-order chi connectivity index (χ1) is 21.7. The minimum absolute atomic E-state index is 0.352. The van der Waals surface area contributed by atoms with Gasteiger partial charge in [0, 0.05) is 11.1 Å². The average Bonchev–Trinajstić information content (AvgIpc) is 3.56. The van der Waals surface area contributed by atoms with Gasteiger partial charge < -0.3 is 0 Å². The SMILES string of the molecule is CC1C=CC=C(c2nc(-c3ccccc3)nc(-c3ccc4c(c3)C3(C5=CCCC=C5c5ccccc53)c3ccccc3-4)n2)C1. The molecule has 9 rings (SSSR count). The number of nitrogens with zero attached hydrogens (tertiary/aromatic N) is 3. The highest BCUT2D eigenvalue weighted by atomic mass is 15.0. The summed E-state index contributed by atoms with van der Waals surface area (Å²) < 4.78 is 0. The number of aromatic nitrogens is 3. The van der Waals surface area contributed by atoms with E-state index >= 15 is 0 Å². The fourth-order valence-corrected chi connectivity index (χ4v) is 7.85. The lowest BCUT2D eigenvalue weighted by atomic mass is 9.69. The first-order valence-electron chi connectivity index (χ1n) is 15.7. The maximum Gasteiger partial charge on any atom is 0.164 e. The quantitative estimate of drug-likeness (QED) is 0.219. The van der Waals surface area contributed by atoms with E-state index in [2.05, 4.69) is 116 Å². The summed E-state index contributed by atoms with van der Waals surface area (Å²) in [5, 5.41) is 0. The molecule has 0 amide bonds. The summed E-state index contributed by atoms with van der Waals surface area (Å²) in [6.45, 7) is 2.24. The van der Waals surface area contributed by atoms with E-state index in [-0.39, 0.29) is 5.41 Å². The lowest BCUT2D eigenvalue weighted by molar-refractivity contribution is 0.742. The number of allylic oxidation sites excluding steroid dienone is 8. The Morgan fingerprint density at radius 2 is 1.27 bits per heavy atom. The Hall–Kier alpha value is -5.15. The Labute approximate surface area is 258 Å². The number of rotatable bonds is 3. The van der Waals surface area contributed by atoms with Crippen LogP contribution in [0.5, 0.6) is 0 Å². The van der Waals surface area contributed by atoms with Crippen molar-refractivity contribution in [3.8, 4) is 33.9 Å².